The molecule has 0 saturated carbocycles. The predicted octanol–water partition coefficient (Wildman–Crippen LogP) is 13.6. The van der Waals surface area contributed by atoms with E-state index in [4.69, 9.17) is 0 Å². The lowest BCUT2D eigenvalue weighted by Crippen LogP contribution is -2.13. The summed E-state index contributed by atoms with van der Waals surface area (Å²) in [6.07, 6.45) is 7.54. The van der Waals surface area contributed by atoms with E-state index in [-0.39, 0.29) is 0 Å². The van der Waals surface area contributed by atoms with Gasteiger partial charge in [0, 0.05) is 91.8 Å². The summed E-state index contributed by atoms with van der Waals surface area (Å²) < 4.78 is 4.73. The average molecular weight is 745 g/mol. The minimum Gasteiger partial charge on any atom is -0.310 e. The average Bonchev–Trinajstić information content (AvgIpc) is 3.81. The zero-order valence-electron chi connectivity index (χ0n) is 31.5. The summed E-state index contributed by atoms with van der Waals surface area (Å²) in [5.74, 6) is 0. The van der Waals surface area contributed by atoms with Gasteiger partial charge in [-0.25, -0.2) is 0 Å². The van der Waals surface area contributed by atoms with Crippen molar-refractivity contribution in [1.82, 2.24) is 19.1 Å². The van der Waals surface area contributed by atoms with Crippen LogP contribution in [-0.4, -0.2) is 19.1 Å². The first-order chi connectivity index (χ1) is 28.8. The zero-order chi connectivity index (χ0) is 38.4. The molecule has 7 aromatic carbocycles. The monoisotopic (exact) mass is 744 g/mol. The van der Waals surface area contributed by atoms with Gasteiger partial charge in [0.15, 0.2) is 0 Å². The Bertz CT molecular complexity index is 2950. The molecule has 0 fully saturated rings. The summed E-state index contributed by atoms with van der Waals surface area (Å²) in [6.45, 7) is 0. The molecule has 11 rings (SSSR count). The van der Waals surface area contributed by atoms with E-state index in [1.807, 2.05) is 24.8 Å². The quantitative estimate of drug-likeness (QED) is 0.155. The molecule has 0 radical (unpaired) electrons. The van der Waals surface area contributed by atoms with Crippen LogP contribution in [0.1, 0.15) is 0 Å². The van der Waals surface area contributed by atoms with Crippen molar-refractivity contribution in [1.29, 1.82) is 0 Å². The van der Waals surface area contributed by atoms with Crippen molar-refractivity contribution in [3.63, 3.8) is 0 Å². The first kappa shape index (κ1) is 33.4. The number of hydrogen-bond acceptors (Lipinski definition) is 4. The highest BCUT2D eigenvalue weighted by Crippen LogP contribution is 2.42. The summed E-state index contributed by atoms with van der Waals surface area (Å²) in [5, 5.41) is 4.78. The maximum absolute atomic E-state index is 4.50. The largest absolute Gasteiger partial charge is 0.310 e. The van der Waals surface area contributed by atoms with Gasteiger partial charge in [-0.05, 0) is 103 Å². The molecular formula is C52H36N6. The lowest BCUT2D eigenvalue weighted by atomic mass is 10.1. The molecule has 4 aromatic heterocycles. The molecule has 0 bridgehead atoms. The van der Waals surface area contributed by atoms with E-state index in [1.54, 1.807) is 0 Å². The number of rotatable bonds is 8. The molecule has 0 saturated heterocycles. The standard InChI is InChI=1S/C52H36N6/c1-2-13-37(14-3-1)55(38-27-30-53-31-28-38)39-15-10-16-40(33-39)56(41-17-11-19-43(34-41)57-49-24-7-4-21-45(49)46-22-5-8-25-50(46)57)42-18-12-20-44(35-42)58-51-26-9-6-23-47(51)48-36-54-32-29-52(48)58/h1-36H. The summed E-state index contributed by atoms with van der Waals surface area (Å²) >= 11 is 0. The lowest BCUT2D eigenvalue weighted by Gasteiger charge is -2.30. The third kappa shape index (κ3) is 5.58. The molecule has 274 valence electrons. The van der Waals surface area contributed by atoms with Crippen LogP contribution in [0, 0.1) is 0 Å². The number of fused-ring (bicyclic) bond motifs is 6. The van der Waals surface area contributed by atoms with Gasteiger partial charge in [-0.15, -0.1) is 0 Å². The van der Waals surface area contributed by atoms with Gasteiger partial charge in [0.2, 0.25) is 0 Å². The van der Waals surface area contributed by atoms with Crippen LogP contribution >= 0.6 is 0 Å². The Morgan fingerprint density at radius 2 is 0.690 bits per heavy atom. The Kier molecular flexibility index (Phi) is 8.04. The predicted molar refractivity (Wildman–Crippen MR) is 240 cm³/mol. The molecule has 0 amide bonds. The first-order valence-corrected chi connectivity index (χ1v) is 19.5. The van der Waals surface area contributed by atoms with Crippen LogP contribution in [0.2, 0.25) is 0 Å². The fourth-order valence-corrected chi connectivity index (χ4v) is 8.57. The first-order valence-electron chi connectivity index (χ1n) is 19.5. The molecule has 6 heteroatoms. The molecule has 58 heavy (non-hydrogen) atoms. The third-order valence-electron chi connectivity index (χ3n) is 11.0. The normalized spacial score (nSPS) is 11.4. The molecule has 6 nitrogen and oxygen atoms in total. The molecule has 0 atom stereocenters. The number of benzene rings is 7. The van der Waals surface area contributed by atoms with Gasteiger partial charge in [0.1, 0.15) is 0 Å². The Balaban J connectivity index is 1.13. The van der Waals surface area contributed by atoms with Crippen molar-refractivity contribution in [3.05, 3.63) is 219 Å². The van der Waals surface area contributed by atoms with E-state index in [2.05, 4.69) is 223 Å². The summed E-state index contributed by atoms with van der Waals surface area (Å²) in [4.78, 5) is 13.5. The van der Waals surface area contributed by atoms with Crippen LogP contribution in [0.3, 0.4) is 0 Å². The highest BCUT2D eigenvalue weighted by atomic mass is 15.2. The highest BCUT2D eigenvalue weighted by Gasteiger charge is 2.20. The second kappa shape index (κ2) is 14.0. The van der Waals surface area contributed by atoms with E-state index in [0.717, 1.165) is 61.9 Å². The van der Waals surface area contributed by atoms with E-state index in [0.29, 0.717) is 0 Å². The number of hydrogen-bond donors (Lipinski definition) is 0. The second-order valence-corrected chi connectivity index (χ2v) is 14.4. The van der Waals surface area contributed by atoms with Gasteiger partial charge in [-0.1, -0.05) is 91.0 Å². The van der Waals surface area contributed by atoms with Crippen molar-refractivity contribution in [2.45, 2.75) is 0 Å². The van der Waals surface area contributed by atoms with Crippen molar-refractivity contribution in [2.24, 2.45) is 0 Å². The molecule has 11 aromatic rings. The van der Waals surface area contributed by atoms with Crippen LogP contribution in [-0.2, 0) is 0 Å². The topological polar surface area (TPSA) is 42.1 Å². The van der Waals surface area contributed by atoms with Crippen molar-refractivity contribution >= 4 is 77.7 Å². The molecule has 4 heterocycles. The van der Waals surface area contributed by atoms with E-state index in [9.17, 15) is 0 Å². The fourth-order valence-electron chi connectivity index (χ4n) is 8.57. The molecule has 0 N–H and O–H groups in total. The molecular weight excluding hydrogens is 709 g/mol. The van der Waals surface area contributed by atoms with Crippen LogP contribution in [0.4, 0.5) is 34.1 Å². The lowest BCUT2D eigenvalue weighted by molar-refractivity contribution is 1.15. The van der Waals surface area contributed by atoms with E-state index in [1.165, 1.54) is 27.2 Å². The smallest absolute Gasteiger partial charge is 0.0571 e. The Morgan fingerprint density at radius 1 is 0.293 bits per heavy atom. The number of nitrogens with zero attached hydrogens (tertiary/aromatic N) is 6. The van der Waals surface area contributed by atoms with Crippen LogP contribution in [0.5, 0.6) is 0 Å². The number of pyridine rings is 2. The van der Waals surface area contributed by atoms with Crippen LogP contribution in [0.15, 0.2) is 219 Å². The minimum absolute atomic E-state index is 1.02. The molecule has 0 aliphatic rings. The van der Waals surface area contributed by atoms with Gasteiger partial charge < -0.3 is 18.9 Å². The van der Waals surface area contributed by atoms with E-state index < -0.39 is 0 Å². The molecule has 0 spiro atoms. The van der Waals surface area contributed by atoms with E-state index >= 15 is 0 Å². The van der Waals surface area contributed by atoms with Crippen molar-refractivity contribution in [3.8, 4) is 11.4 Å². The summed E-state index contributed by atoms with van der Waals surface area (Å²) in [6, 6.07) is 69.2. The number of para-hydroxylation sites is 4. The molecule has 0 unspecified atom stereocenters. The second-order valence-electron chi connectivity index (χ2n) is 14.4. The minimum atomic E-state index is 1.02. The Hall–Kier alpha value is -7.96. The fraction of sp³-hybridized carbons (Fsp3) is 0. The number of anilines is 6. The summed E-state index contributed by atoms with van der Waals surface area (Å²) in [5.41, 5.74) is 13.0. The highest BCUT2D eigenvalue weighted by molar-refractivity contribution is 6.10. The van der Waals surface area contributed by atoms with Gasteiger partial charge in [0.05, 0.1) is 22.1 Å². The Labute approximate surface area is 335 Å². The number of aromatic nitrogens is 4. The zero-order valence-corrected chi connectivity index (χ0v) is 31.5. The SMILES string of the molecule is c1ccc(N(c2ccncc2)c2cccc(N(c3cccc(-n4c5ccccc5c5ccccc54)c3)c3cccc(-n4c5ccccc5c5cnccc54)c3)c2)cc1. The van der Waals surface area contributed by atoms with Crippen molar-refractivity contribution < 1.29 is 0 Å². The molecule has 0 aliphatic heterocycles. The van der Waals surface area contributed by atoms with Crippen LogP contribution in [0.25, 0.3) is 55.0 Å². The van der Waals surface area contributed by atoms with Gasteiger partial charge in [-0.3, -0.25) is 9.97 Å². The maximum atomic E-state index is 4.50. The van der Waals surface area contributed by atoms with Crippen molar-refractivity contribution in [2.75, 3.05) is 9.80 Å². The van der Waals surface area contributed by atoms with Gasteiger partial charge in [-0.2, -0.15) is 0 Å². The van der Waals surface area contributed by atoms with Gasteiger partial charge >= 0.3 is 0 Å². The van der Waals surface area contributed by atoms with Crippen LogP contribution < -0.4 is 9.80 Å². The maximum Gasteiger partial charge on any atom is 0.0571 e. The Morgan fingerprint density at radius 3 is 1.26 bits per heavy atom. The third-order valence-corrected chi connectivity index (χ3v) is 11.0. The molecule has 0 aliphatic carbocycles. The van der Waals surface area contributed by atoms with Gasteiger partial charge in [0.25, 0.3) is 0 Å². The summed E-state index contributed by atoms with van der Waals surface area (Å²) in [7, 11) is 0.